The molecule has 1 saturated heterocycles. The van der Waals surface area contributed by atoms with Gasteiger partial charge in [0.2, 0.25) is 0 Å². The number of nitrogens with zero attached hydrogens (tertiary/aromatic N) is 3. The van der Waals surface area contributed by atoms with Gasteiger partial charge in [0.05, 0.1) is 11.9 Å². The van der Waals surface area contributed by atoms with Crippen LogP contribution in [0.4, 0.5) is 0 Å². The fourth-order valence-electron chi connectivity index (χ4n) is 3.58. The van der Waals surface area contributed by atoms with Crippen LogP contribution in [0, 0.1) is 11.8 Å². The largest absolute Gasteiger partial charge is 0.455 e. The maximum absolute atomic E-state index is 12.6. The maximum Gasteiger partial charge on any atom is 0.289 e. The first-order chi connectivity index (χ1) is 11.7. The van der Waals surface area contributed by atoms with Gasteiger partial charge in [0.15, 0.2) is 10.9 Å². The highest BCUT2D eigenvalue weighted by Crippen LogP contribution is 2.37. The molecule has 0 radical (unpaired) electrons. The zero-order chi connectivity index (χ0) is 16.5. The van der Waals surface area contributed by atoms with Crippen molar-refractivity contribution in [2.75, 3.05) is 13.1 Å². The predicted octanol–water partition coefficient (Wildman–Crippen LogP) is 2.20. The molecule has 1 unspecified atom stereocenters. The molecule has 0 aromatic carbocycles. The summed E-state index contributed by atoms with van der Waals surface area (Å²) in [5.41, 5.74) is 0. The predicted molar refractivity (Wildman–Crippen MR) is 88.4 cm³/mol. The van der Waals surface area contributed by atoms with Gasteiger partial charge >= 0.3 is 0 Å². The second-order valence-corrected chi connectivity index (χ2v) is 7.33. The second kappa shape index (κ2) is 6.57. The number of carbonyl (C=O) groups excluding carboxylic acids is 1. The molecule has 3 heterocycles. The third-order valence-corrected chi connectivity index (χ3v) is 5.73. The summed E-state index contributed by atoms with van der Waals surface area (Å²) >= 11 is 1.47. The number of aliphatic hydroxyl groups excluding tert-OH is 1. The van der Waals surface area contributed by atoms with Gasteiger partial charge in [-0.3, -0.25) is 4.79 Å². The molecule has 2 aromatic heterocycles. The van der Waals surface area contributed by atoms with E-state index < -0.39 is 0 Å². The summed E-state index contributed by atoms with van der Waals surface area (Å²) in [5.74, 6) is 2.04. The van der Waals surface area contributed by atoms with Crippen molar-refractivity contribution in [3.8, 4) is 0 Å². The van der Waals surface area contributed by atoms with Crippen molar-refractivity contribution in [2.45, 2.75) is 29.9 Å². The van der Waals surface area contributed by atoms with Crippen LogP contribution < -0.4 is 0 Å². The minimum absolute atomic E-state index is 0.0778. The van der Waals surface area contributed by atoms with Gasteiger partial charge in [-0.1, -0.05) is 11.8 Å². The molecule has 0 spiro atoms. The fraction of sp³-hybridized carbons (Fsp3) is 0.471. The number of furan rings is 1. The van der Waals surface area contributed by atoms with Gasteiger partial charge in [0.25, 0.3) is 5.91 Å². The third kappa shape index (κ3) is 3.06. The van der Waals surface area contributed by atoms with Crippen molar-refractivity contribution in [3.05, 3.63) is 42.1 Å². The molecule has 24 heavy (non-hydrogen) atoms. The minimum atomic E-state index is -0.247. The first-order valence-corrected chi connectivity index (χ1v) is 9.15. The van der Waals surface area contributed by atoms with E-state index in [0.717, 1.165) is 18.6 Å². The third-order valence-electron chi connectivity index (χ3n) is 4.83. The zero-order valence-corrected chi connectivity index (χ0v) is 14.0. The highest BCUT2D eigenvalue weighted by Gasteiger charge is 2.42. The molecule has 1 amide bonds. The van der Waals surface area contributed by atoms with Crippen LogP contribution in [0.1, 0.15) is 29.2 Å². The lowest BCUT2D eigenvalue weighted by molar-refractivity contribution is 0.0151. The number of likely N-dealkylation sites (tertiary alicyclic amines) is 1. The Morgan fingerprint density at radius 2 is 1.96 bits per heavy atom. The molecule has 1 N–H and O–H groups in total. The Bertz CT molecular complexity index is 707. The van der Waals surface area contributed by atoms with Gasteiger partial charge in [-0.2, -0.15) is 0 Å². The lowest BCUT2D eigenvalue weighted by Gasteiger charge is -2.34. The Morgan fingerprint density at radius 1 is 1.25 bits per heavy atom. The van der Waals surface area contributed by atoms with Gasteiger partial charge in [0, 0.05) is 37.3 Å². The summed E-state index contributed by atoms with van der Waals surface area (Å²) in [4.78, 5) is 22.8. The van der Waals surface area contributed by atoms with Crippen molar-refractivity contribution < 1.29 is 14.3 Å². The first kappa shape index (κ1) is 15.7. The summed E-state index contributed by atoms with van der Waals surface area (Å²) in [6.45, 7) is 1.25. The van der Waals surface area contributed by atoms with Crippen molar-refractivity contribution in [1.29, 1.82) is 0 Å². The maximum atomic E-state index is 12.6. The molecule has 126 valence electrons. The van der Waals surface area contributed by atoms with E-state index in [2.05, 4.69) is 9.97 Å². The first-order valence-electron chi connectivity index (χ1n) is 8.16. The molecule has 3 atom stereocenters. The molecule has 2 fully saturated rings. The number of rotatable bonds is 4. The lowest BCUT2D eigenvalue weighted by atomic mass is 9.95. The summed E-state index contributed by atoms with van der Waals surface area (Å²) in [5, 5.41) is 10.8. The van der Waals surface area contributed by atoms with Crippen LogP contribution in [-0.4, -0.2) is 45.1 Å². The molecule has 7 heteroatoms. The average molecular weight is 345 g/mol. The van der Waals surface area contributed by atoms with Gasteiger partial charge < -0.3 is 14.4 Å². The molecule has 6 nitrogen and oxygen atoms in total. The minimum Gasteiger partial charge on any atom is -0.455 e. The van der Waals surface area contributed by atoms with Crippen LogP contribution >= 0.6 is 11.8 Å². The summed E-state index contributed by atoms with van der Waals surface area (Å²) in [6, 6.07) is 5.34. The summed E-state index contributed by atoms with van der Waals surface area (Å²) in [6.07, 6.45) is 5.17. The Kier molecular flexibility index (Phi) is 4.28. The summed E-state index contributed by atoms with van der Waals surface area (Å²) < 4.78 is 5.71. The molecular weight excluding hydrogens is 326 g/mol. The van der Waals surface area contributed by atoms with Crippen LogP contribution in [0.2, 0.25) is 0 Å². The molecular formula is C17H19N3O3S. The van der Waals surface area contributed by atoms with Crippen LogP contribution in [0.15, 0.2) is 40.2 Å². The van der Waals surface area contributed by atoms with E-state index in [-0.39, 0.29) is 23.8 Å². The Balaban J connectivity index is 1.38. The number of aliphatic hydroxyl groups is 1. The number of aromatic nitrogens is 2. The van der Waals surface area contributed by atoms with Crippen LogP contribution in [-0.2, 0) is 5.75 Å². The number of hydrogen-bond donors (Lipinski definition) is 1. The monoisotopic (exact) mass is 345 g/mol. The number of hydrogen-bond acceptors (Lipinski definition) is 6. The van der Waals surface area contributed by atoms with Gasteiger partial charge in [0.1, 0.15) is 5.76 Å². The quantitative estimate of drug-likeness (QED) is 0.676. The Labute approximate surface area is 144 Å². The molecule has 1 saturated carbocycles. The molecule has 1 aliphatic heterocycles. The Hall–Kier alpha value is -1.86. The fourth-order valence-corrected chi connectivity index (χ4v) is 4.28. The van der Waals surface area contributed by atoms with Gasteiger partial charge in [-0.25, -0.2) is 9.97 Å². The number of carbonyl (C=O) groups is 1. The van der Waals surface area contributed by atoms with Gasteiger partial charge in [-0.15, -0.1) is 0 Å². The van der Waals surface area contributed by atoms with E-state index in [1.165, 1.54) is 11.8 Å². The number of piperidine rings is 1. The molecule has 2 bridgehead atoms. The topological polar surface area (TPSA) is 79.5 Å². The van der Waals surface area contributed by atoms with E-state index in [1.807, 2.05) is 11.0 Å². The number of thioether (sulfide) groups is 1. The molecule has 2 aliphatic rings. The molecule has 1 aliphatic carbocycles. The van der Waals surface area contributed by atoms with Crippen LogP contribution in [0.25, 0.3) is 0 Å². The second-order valence-electron chi connectivity index (χ2n) is 6.38. The number of amides is 1. The number of fused-ring (bicyclic) bond motifs is 2. The highest BCUT2D eigenvalue weighted by atomic mass is 32.2. The zero-order valence-electron chi connectivity index (χ0n) is 13.2. The van der Waals surface area contributed by atoms with Gasteiger partial charge in [-0.05, 0) is 31.0 Å². The van der Waals surface area contributed by atoms with Crippen molar-refractivity contribution in [3.63, 3.8) is 0 Å². The SMILES string of the molecule is O=C(c1ccc(CSc2ncccn2)o1)N1C[C@H]2CC[C@@H](C1)C2O. The van der Waals surface area contributed by atoms with Crippen LogP contribution in [0.3, 0.4) is 0 Å². The van der Waals surface area contributed by atoms with Crippen LogP contribution in [0.5, 0.6) is 0 Å². The van der Waals surface area contributed by atoms with E-state index in [0.29, 0.717) is 29.8 Å². The van der Waals surface area contributed by atoms with E-state index >= 15 is 0 Å². The average Bonchev–Trinajstić information content (AvgIpc) is 3.14. The standard InChI is InChI=1S/C17H19N3O3S/c21-15-11-2-3-12(15)9-20(8-11)16(22)14-5-4-13(23-14)10-24-17-18-6-1-7-19-17/h1,4-7,11-12,15,21H,2-3,8-10H2/t11-,12+,15?. The van der Waals surface area contributed by atoms with Crippen molar-refractivity contribution in [1.82, 2.24) is 14.9 Å². The van der Waals surface area contributed by atoms with E-state index in [1.54, 1.807) is 24.5 Å². The lowest BCUT2D eigenvalue weighted by Crippen LogP contribution is -2.47. The van der Waals surface area contributed by atoms with Crippen molar-refractivity contribution in [2.24, 2.45) is 11.8 Å². The summed E-state index contributed by atoms with van der Waals surface area (Å²) in [7, 11) is 0. The molecule has 2 aromatic rings. The molecule has 4 rings (SSSR count). The van der Waals surface area contributed by atoms with Crippen molar-refractivity contribution >= 4 is 17.7 Å². The smallest absolute Gasteiger partial charge is 0.289 e. The van der Waals surface area contributed by atoms with E-state index in [9.17, 15) is 9.90 Å². The van der Waals surface area contributed by atoms with E-state index in [4.69, 9.17) is 4.42 Å². The highest BCUT2D eigenvalue weighted by molar-refractivity contribution is 7.98. The Morgan fingerprint density at radius 3 is 2.67 bits per heavy atom. The normalized spacial score (nSPS) is 25.9.